The van der Waals surface area contributed by atoms with Crippen molar-refractivity contribution in [1.82, 2.24) is 4.73 Å². The third-order valence-corrected chi connectivity index (χ3v) is 2.17. The maximum Gasteiger partial charge on any atom is 0.536 e. The van der Waals surface area contributed by atoms with Crippen LogP contribution in [0.2, 0.25) is 0 Å². The predicted octanol–water partition coefficient (Wildman–Crippen LogP) is 0.127. The van der Waals surface area contributed by atoms with E-state index in [2.05, 4.69) is 4.28 Å². The molecule has 1 rings (SSSR count). The number of pyridine rings is 1. The van der Waals surface area contributed by atoms with E-state index in [9.17, 15) is 26.4 Å². The van der Waals surface area contributed by atoms with Gasteiger partial charge in [0.1, 0.15) is 0 Å². The number of aromatic nitrogens is 1. The number of hydrogen-bond acceptors (Lipinski definition) is 4. The van der Waals surface area contributed by atoms with Crippen LogP contribution in [0.5, 0.6) is 0 Å². The van der Waals surface area contributed by atoms with Gasteiger partial charge in [0.2, 0.25) is 0 Å². The molecule has 0 bridgehead atoms. The molecule has 0 amide bonds. The van der Waals surface area contributed by atoms with Gasteiger partial charge in [0, 0.05) is 12.3 Å². The van der Waals surface area contributed by atoms with Crippen molar-refractivity contribution in [3.63, 3.8) is 0 Å². The van der Waals surface area contributed by atoms with E-state index in [1.807, 2.05) is 0 Å². The molecule has 0 atom stereocenters. The molecule has 0 unspecified atom stereocenters. The fraction of sp³-hybridized carbons (Fsp3) is 0.167. The Morgan fingerprint density at radius 2 is 1.87 bits per heavy atom. The van der Waals surface area contributed by atoms with Crippen molar-refractivity contribution in [3.8, 4) is 0 Å². The molecule has 0 N–H and O–H groups in total. The van der Waals surface area contributed by atoms with Crippen LogP contribution in [-0.4, -0.2) is 18.7 Å². The maximum atomic E-state index is 11.8. The lowest BCUT2D eigenvalue weighted by molar-refractivity contribution is -0.0549. The smallest absolute Gasteiger partial charge is 0.278 e. The topological polar surface area (TPSA) is 65.4 Å². The zero-order valence-corrected chi connectivity index (χ0v) is 7.75. The lowest BCUT2D eigenvalue weighted by Crippen LogP contribution is -2.37. The van der Waals surface area contributed by atoms with Crippen LogP contribution in [-0.2, 0) is 10.1 Å². The second-order valence-electron chi connectivity index (χ2n) is 2.34. The van der Waals surface area contributed by atoms with Crippen molar-refractivity contribution in [2.24, 2.45) is 0 Å². The van der Waals surface area contributed by atoms with Crippen LogP contribution < -0.4 is 9.84 Å². The molecular formula is C6H4F3NO4S. The number of alkyl halides is 3. The molecule has 1 aromatic heterocycles. The van der Waals surface area contributed by atoms with Gasteiger partial charge in [-0.3, -0.25) is 9.08 Å². The summed E-state index contributed by atoms with van der Waals surface area (Å²) in [4.78, 5) is 10.8. The summed E-state index contributed by atoms with van der Waals surface area (Å²) < 4.78 is 59.9. The van der Waals surface area contributed by atoms with Gasteiger partial charge in [0.05, 0.1) is 0 Å². The van der Waals surface area contributed by atoms with Gasteiger partial charge in [-0.05, 0) is 6.07 Å². The Labute approximate surface area is 81.8 Å². The van der Waals surface area contributed by atoms with Crippen molar-refractivity contribution >= 4 is 10.1 Å². The molecule has 5 nitrogen and oxygen atoms in total. The number of hydrogen-bond donors (Lipinski definition) is 0. The fourth-order valence-electron chi connectivity index (χ4n) is 0.622. The second-order valence-corrected chi connectivity index (χ2v) is 3.86. The minimum Gasteiger partial charge on any atom is -0.278 e. The highest BCUT2D eigenvalue weighted by atomic mass is 32.2. The zero-order chi connectivity index (χ0) is 11.7. The molecule has 0 saturated carbocycles. The van der Waals surface area contributed by atoms with E-state index in [-0.39, 0.29) is 4.73 Å². The molecule has 1 heterocycles. The Hall–Kier alpha value is -1.51. The minimum absolute atomic E-state index is 0.0250. The summed E-state index contributed by atoms with van der Waals surface area (Å²) in [6.07, 6.45) is 0.756. The Kier molecular flexibility index (Phi) is 2.75. The summed E-state index contributed by atoms with van der Waals surface area (Å²) in [6.45, 7) is 0. The largest absolute Gasteiger partial charge is 0.536 e. The van der Waals surface area contributed by atoms with Gasteiger partial charge in [-0.15, -0.1) is 4.73 Å². The first kappa shape index (κ1) is 11.6. The van der Waals surface area contributed by atoms with Gasteiger partial charge in [0.25, 0.3) is 5.56 Å². The van der Waals surface area contributed by atoms with Crippen molar-refractivity contribution in [1.29, 1.82) is 0 Å². The summed E-state index contributed by atoms with van der Waals surface area (Å²) in [5.74, 6) is 0. The van der Waals surface area contributed by atoms with E-state index in [1.165, 1.54) is 6.07 Å². The third-order valence-electron chi connectivity index (χ3n) is 1.25. The van der Waals surface area contributed by atoms with Gasteiger partial charge < -0.3 is 0 Å². The van der Waals surface area contributed by atoms with Crippen LogP contribution in [0.4, 0.5) is 13.2 Å². The number of nitrogens with zero attached hydrogens (tertiary/aromatic N) is 1. The van der Waals surface area contributed by atoms with Crippen LogP contribution in [0.3, 0.4) is 0 Å². The first-order valence-corrected chi connectivity index (χ1v) is 4.84. The third kappa shape index (κ3) is 2.49. The van der Waals surface area contributed by atoms with Crippen molar-refractivity contribution < 1.29 is 25.9 Å². The highest BCUT2D eigenvalue weighted by Crippen LogP contribution is 2.22. The first-order chi connectivity index (χ1) is 6.74. The SMILES string of the molecule is O=c1ccccn1OS(=O)(=O)C(F)(F)F. The monoisotopic (exact) mass is 243 g/mol. The maximum absolute atomic E-state index is 11.8. The van der Waals surface area contributed by atoms with Crippen molar-refractivity contribution in [2.45, 2.75) is 5.51 Å². The normalized spacial score (nSPS) is 12.5. The molecule has 15 heavy (non-hydrogen) atoms. The van der Waals surface area contributed by atoms with Gasteiger partial charge >= 0.3 is 15.6 Å². The van der Waals surface area contributed by atoms with Crippen LogP contribution in [0.1, 0.15) is 0 Å². The molecule has 0 radical (unpaired) electrons. The fourth-order valence-corrected chi connectivity index (χ4v) is 1.04. The Morgan fingerprint density at radius 3 is 2.33 bits per heavy atom. The van der Waals surface area contributed by atoms with E-state index < -0.39 is 21.2 Å². The quantitative estimate of drug-likeness (QED) is 0.692. The summed E-state index contributed by atoms with van der Waals surface area (Å²) in [6, 6.07) is 3.22. The summed E-state index contributed by atoms with van der Waals surface area (Å²) in [5.41, 5.74) is -6.59. The first-order valence-electron chi connectivity index (χ1n) is 3.43. The molecular weight excluding hydrogens is 239 g/mol. The lowest BCUT2D eigenvalue weighted by atomic mass is 10.5. The zero-order valence-electron chi connectivity index (χ0n) is 6.93. The van der Waals surface area contributed by atoms with Gasteiger partial charge in [-0.1, -0.05) is 6.07 Å². The van der Waals surface area contributed by atoms with Crippen molar-refractivity contribution in [2.75, 3.05) is 0 Å². The van der Waals surface area contributed by atoms with Gasteiger partial charge in [0.15, 0.2) is 0 Å². The molecule has 0 spiro atoms. The molecule has 0 aromatic carbocycles. The predicted molar refractivity (Wildman–Crippen MR) is 42.3 cm³/mol. The highest BCUT2D eigenvalue weighted by molar-refractivity contribution is 7.87. The molecule has 0 aliphatic rings. The number of halogens is 3. The molecule has 1 aromatic rings. The van der Waals surface area contributed by atoms with E-state index in [1.54, 1.807) is 0 Å². The van der Waals surface area contributed by atoms with Crippen LogP contribution in [0.15, 0.2) is 29.2 Å². The molecule has 0 saturated heterocycles. The van der Waals surface area contributed by atoms with Crippen LogP contribution in [0.25, 0.3) is 0 Å². The Bertz CT molecular complexity index is 504. The van der Waals surface area contributed by atoms with E-state index in [4.69, 9.17) is 0 Å². The lowest BCUT2D eigenvalue weighted by Gasteiger charge is -2.09. The second kappa shape index (κ2) is 3.57. The van der Waals surface area contributed by atoms with E-state index in [0.717, 1.165) is 18.3 Å². The van der Waals surface area contributed by atoms with Crippen LogP contribution >= 0.6 is 0 Å². The molecule has 9 heteroatoms. The average Bonchev–Trinajstić information content (AvgIpc) is 2.06. The minimum atomic E-state index is -5.81. The van der Waals surface area contributed by atoms with Crippen molar-refractivity contribution in [3.05, 3.63) is 34.7 Å². The van der Waals surface area contributed by atoms with Crippen LogP contribution in [0, 0.1) is 0 Å². The highest BCUT2D eigenvalue weighted by Gasteiger charge is 2.49. The average molecular weight is 243 g/mol. The summed E-state index contributed by atoms with van der Waals surface area (Å²) in [7, 11) is -5.81. The molecule has 0 aliphatic heterocycles. The summed E-state index contributed by atoms with van der Waals surface area (Å²) >= 11 is 0. The molecule has 0 aliphatic carbocycles. The Morgan fingerprint density at radius 1 is 1.27 bits per heavy atom. The van der Waals surface area contributed by atoms with E-state index >= 15 is 0 Å². The summed E-state index contributed by atoms with van der Waals surface area (Å²) in [5, 5.41) is 0. The van der Waals surface area contributed by atoms with E-state index in [0.29, 0.717) is 0 Å². The Balaban J connectivity index is 3.09. The number of rotatable bonds is 2. The molecule has 0 fully saturated rings. The standard InChI is InChI=1S/C6H4F3NO4S/c7-6(8,9)15(12,13)14-10-4-2-1-3-5(10)11/h1-4H. The van der Waals surface area contributed by atoms with Gasteiger partial charge in [-0.25, -0.2) is 0 Å². The molecule has 84 valence electrons. The van der Waals surface area contributed by atoms with Gasteiger partial charge in [-0.2, -0.15) is 21.6 Å².